The molecule has 2 aromatic carbocycles. The minimum Gasteiger partial charge on any atom is -0.352 e. The molecule has 2 aromatic rings. The van der Waals surface area contributed by atoms with Crippen LogP contribution >= 0.6 is 0 Å². The lowest BCUT2D eigenvalue weighted by Crippen LogP contribution is -2.48. The number of amides is 1. The molecule has 0 atom stereocenters. The van der Waals surface area contributed by atoms with Crippen LogP contribution in [0.25, 0.3) is 0 Å². The second-order valence-corrected chi connectivity index (χ2v) is 8.49. The molecular weight excluding hydrogens is 344 g/mol. The van der Waals surface area contributed by atoms with Gasteiger partial charge in [0, 0.05) is 17.6 Å². The third-order valence-corrected chi connectivity index (χ3v) is 6.47. The van der Waals surface area contributed by atoms with Gasteiger partial charge in [-0.25, -0.2) is 0 Å². The molecule has 0 unspecified atom stereocenters. The lowest BCUT2D eigenvalue weighted by molar-refractivity contribution is 0.0767. The molecule has 3 heteroatoms. The van der Waals surface area contributed by atoms with Crippen molar-refractivity contribution in [1.29, 1.82) is 0 Å². The molecule has 1 amide bonds. The van der Waals surface area contributed by atoms with E-state index in [1.54, 1.807) is 0 Å². The van der Waals surface area contributed by atoms with Gasteiger partial charge in [0.2, 0.25) is 0 Å². The van der Waals surface area contributed by atoms with Crippen LogP contribution in [0.4, 0.5) is 0 Å². The van der Waals surface area contributed by atoms with Crippen LogP contribution in [0.2, 0.25) is 0 Å². The van der Waals surface area contributed by atoms with Crippen LogP contribution < -0.4 is 5.32 Å². The zero-order valence-corrected chi connectivity index (χ0v) is 17.4. The predicted molar refractivity (Wildman–Crippen MR) is 117 cm³/mol. The van der Waals surface area contributed by atoms with Crippen LogP contribution in [0.5, 0.6) is 0 Å². The van der Waals surface area contributed by atoms with E-state index in [-0.39, 0.29) is 5.91 Å². The molecule has 1 saturated carbocycles. The molecule has 1 aliphatic rings. The molecule has 150 valence electrons. The van der Waals surface area contributed by atoms with Crippen LogP contribution in [0.1, 0.15) is 54.4 Å². The van der Waals surface area contributed by atoms with Crippen molar-refractivity contribution in [3.63, 3.8) is 0 Å². The maximum absolute atomic E-state index is 12.1. The van der Waals surface area contributed by atoms with Gasteiger partial charge < -0.3 is 10.2 Å². The van der Waals surface area contributed by atoms with Crippen molar-refractivity contribution >= 4 is 5.91 Å². The second-order valence-electron chi connectivity index (χ2n) is 8.49. The topological polar surface area (TPSA) is 32.3 Å². The molecule has 0 spiro atoms. The van der Waals surface area contributed by atoms with Crippen molar-refractivity contribution in [3.05, 3.63) is 71.8 Å². The number of carbonyl (C=O) groups is 1. The quantitative estimate of drug-likeness (QED) is 0.661. The summed E-state index contributed by atoms with van der Waals surface area (Å²) < 4.78 is 0. The van der Waals surface area contributed by atoms with Crippen LogP contribution in [0.15, 0.2) is 60.7 Å². The average molecular weight is 379 g/mol. The fourth-order valence-corrected chi connectivity index (χ4v) is 4.55. The lowest BCUT2D eigenvalue weighted by Gasteiger charge is -2.45. The van der Waals surface area contributed by atoms with E-state index >= 15 is 0 Å². The van der Waals surface area contributed by atoms with Gasteiger partial charge in [0.15, 0.2) is 0 Å². The predicted octanol–water partition coefficient (Wildman–Crippen LogP) is 4.93. The number of benzene rings is 2. The minimum atomic E-state index is 0.0405. The van der Waals surface area contributed by atoms with Crippen molar-refractivity contribution < 1.29 is 4.79 Å². The van der Waals surface area contributed by atoms with Gasteiger partial charge in [-0.1, -0.05) is 48.5 Å². The van der Waals surface area contributed by atoms with E-state index in [2.05, 4.69) is 54.6 Å². The Balaban J connectivity index is 1.42. The molecule has 0 aliphatic heterocycles. The monoisotopic (exact) mass is 378 g/mol. The molecule has 0 saturated heterocycles. The first-order valence-corrected chi connectivity index (χ1v) is 10.6. The molecular formula is C25H34N2O. The normalized spacial score (nSPS) is 22.2. The molecule has 0 heterocycles. The van der Waals surface area contributed by atoms with E-state index in [4.69, 9.17) is 0 Å². The van der Waals surface area contributed by atoms with Gasteiger partial charge in [0.05, 0.1) is 0 Å². The number of nitrogens with one attached hydrogen (secondary N) is 1. The Morgan fingerprint density at radius 3 is 2.21 bits per heavy atom. The lowest BCUT2D eigenvalue weighted by atomic mass is 9.71. The fourth-order valence-electron chi connectivity index (χ4n) is 4.55. The summed E-state index contributed by atoms with van der Waals surface area (Å²) in [5.74, 6) is 0.830. The highest BCUT2D eigenvalue weighted by atomic mass is 16.1. The van der Waals surface area contributed by atoms with Crippen LogP contribution in [-0.4, -0.2) is 37.0 Å². The number of nitrogens with zero attached hydrogens (tertiary/aromatic N) is 1. The largest absolute Gasteiger partial charge is 0.352 e. The molecule has 28 heavy (non-hydrogen) atoms. The highest BCUT2D eigenvalue weighted by Gasteiger charge is 2.36. The Hall–Kier alpha value is -2.13. The Bertz CT molecular complexity index is 719. The van der Waals surface area contributed by atoms with E-state index in [1.165, 1.54) is 37.7 Å². The fraction of sp³-hybridized carbons (Fsp3) is 0.480. The van der Waals surface area contributed by atoms with Gasteiger partial charge in [-0.15, -0.1) is 0 Å². The Morgan fingerprint density at radius 2 is 1.61 bits per heavy atom. The summed E-state index contributed by atoms with van der Waals surface area (Å²) >= 11 is 0. The van der Waals surface area contributed by atoms with Gasteiger partial charge >= 0.3 is 0 Å². The van der Waals surface area contributed by atoms with Crippen molar-refractivity contribution in [3.8, 4) is 0 Å². The standard InChI is InChI=1S/C25H34N2O/c1-27(2)25(20-22-10-5-3-6-11-22)17-15-21(16-18-25)12-9-19-26-24(28)23-13-7-4-8-14-23/h3-8,10-11,13-14,21H,9,12,15-20H2,1-2H3,(H,26,28). The number of hydrogen-bond donors (Lipinski definition) is 1. The molecule has 1 fully saturated rings. The summed E-state index contributed by atoms with van der Waals surface area (Å²) in [6.45, 7) is 0.771. The minimum absolute atomic E-state index is 0.0405. The van der Waals surface area contributed by atoms with E-state index < -0.39 is 0 Å². The number of carbonyl (C=O) groups excluding carboxylic acids is 1. The van der Waals surface area contributed by atoms with Crippen molar-refractivity contribution in [2.45, 2.75) is 50.5 Å². The number of likely N-dealkylation sites (N-methyl/N-ethyl adjacent to an activating group) is 1. The maximum atomic E-state index is 12.1. The third kappa shape index (κ3) is 5.45. The van der Waals surface area contributed by atoms with Crippen LogP contribution in [0, 0.1) is 5.92 Å². The first kappa shape index (κ1) is 20.6. The summed E-state index contributed by atoms with van der Waals surface area (Å²) in [6.07, 6.45) is 8.52. The van der Waals surface area contributed by atoms with Crippen molar-refractivity contribution in [2.75, 3.05) is 20.6 Å². The number of hydrogen-bond acceptors (Lipinski definition) is 2. The van der Waals surface area contributed by atoms with E-state index in [1.807, 2.05) is 30.3 Å². The van der Waals surface area contributed by atoms with Crippen molar-refractivity contribution in [2.24, 2.45) is 5.92 Å². The summed E-state index contributed by atoms with van der Waals surface area (Å²) in [5.41, 5.74) is 2.48. The molecule has 3 rings (SSSR count). The Morgan fingerprint density at radius 1 is 1.00 bits per heavy atom. The molecule has 1 aliphatic carbocycles. The summed E-state index contributed by atoms with van der Waals surface area (Å²) in [6, 6.07) is 20.4. The van der Waals surface area contributed by atoms with Gasteiger partial charge in [-0.2, -0.15) is 0 Å². The Kier molecular flexibility index (Phi) is 7.27. The molecule has 3 nitrogen and oxygen atoms in total. The van der Waals surface area contributed by atoms with Crippen molar-refractivity contribution in [1.82, 2.24) is 10.2 Å². The molecule has 0 bridgehead atoms. The van der Waals surface area contributed by atoms with Gasteiger partial charge in [0.1, 0.15) is 0 Å². The average Bonchev–Trinajstić information content (AvgIpc) is 2.73. The van der Waals surface area contributed by atoms with E-state index in [0.29, 0.717) is 5.54 Å². The molecule has 0 radical (unpaired) electrons. The maximum Gasteiger partial charge on any atom is 0.251 e. The number of rotatable bonds is 8. The first-order valence-electron chi connectivity index (χ1n) is 10.6. The Labute approximate surface area is 170 Å². The SMILES string of the molecule is CN(C)C1(Cc2ccccc2)CCC(CCCNC(=O)c2ccccc2)CC1. The van der Waals surface area contributed by atoms with E-state index in [9.17, 15) is 4.79 Å². The zero-order chi connectivity index (χ0) is 19.8. The second kappa shape index (κ2) is 9.88. The smallest absolute Gasteiger partial charge is 0.251 e. The van der Waals surface area contributed by atoms with Gasteiger partial charge in [0.25, 0.3) is 5.91 Å². The zero-order valence-electron chi connectivity index (χ0n) is 17.4. The van der Waals surface area contributed by atoms with Crippen LogP contribution in [-0.2, 0) is 6.42 Å². The van der Waals surface area contributed by atoms with E-state index in [0.717, 1.165) is 30.9 Å². The van der Waals surface area contributed by atoms with Gasteiger partial charge in [-0.05, 0) is 82.7 Å². The first-order chi connectivity index (χ1) is 13.6. The molecule has 0 aromatic heterocycles. The highest BCUT2D eigenvalue weighted by Crippen LogP contribution is 2.39. The summed E-state index contributed by atoms with van der Waals surface area (Å²) in [5, 5.41) is 3.06. The third-order valence-electron chi connectivity index (χ3n) is 6.47. The van der Waals surface area contributed by atoms with Gasteiger partial charge in [-0.3, -0.25) is 4.79 Å². The van der Waals surface area contributed by atoms with Crippen LogP contribution in [0.3, 0.4) is 0 Å². The summed E-state index contributed by atoms with van der Waals surface area (Å²) in [7, 11) is 4.48. The molecule has 1 N–H and O–H groups in total. The summed E-state index contributed by atoms with van der Waals surface area (Å²) in [4.78, 5) is 14.6. The highest BCUT2D eigenvalue weighted by molar-refractivity contribution is 5.94.